The lowest BCUT2D eigenvalue weighted by molar-refractivity contribution is 0.292. The monoisotopic (exact) mass is 514 g/mol. The van der Waals surface area contributed by atoms with Gasteiger partial charge in [0.25, 0.3) is 0 Å². The molecule has 39 heavy (non-hydrogen) atoms. The predicted octanol–water partition coefficient (Wildman–Crippen LogP) is 6.77. The van der Waals surface area contributed by atoms with Crippen LogP contribution in [0.4, 0.5) is 0 Å². The zero-order valence-electron chi connectivity index (χ0n) is 21.9. The van der Waals surface area contributed by atoms with Crippen molar-refractivity contribution in [1.29, 1.82) is 0 Å². The van der Waals surface area contributed by atoms with Gasteiger partial charge in [-0.15, -0.1) is 5.10 Å². The number of ether oxygens (including phenoxy) is 3. The maximum absolute atomic E-state index is 6.41. The first-order valence-electron chi connectivity index (χ1n) is 12.9. The third kappa shape index (κ3) is 3.85. The van der Waals surface area contributed by atoms with Crippen molar-refractivity contribution >= 4 is 16.4 Å². The molecule has 0 saturated heterocycles. The molecule has 7 nitrogen and oxygen atoms in total. The lowest BCUT2D eigenvalue weighted by Crippen LogP contribution is -2.15. The highest BCUT2D eigenvalue weighted by Crippen LogP contribution is 2.50. The van der Waals surface area contributed by atoms with E-state index in [0.29, 0.717) is 17.4 Å². The van der Waals surface area contributed by atoms with Crippen molar-refractivity contribution in [3.05, 3.63) is 119 Å². The minimum atomic E-state index is -0.173. The smallest absolute Gasteiger partial charge is 0.228 e. The molecule has 1 aliphatic rings. The molecule has 3 heterocycles. The van der Waals surface area contributed by atoms with Crippen LogP contribution in [0.3, 0.4) is 0 Å². The van der Waals surface area contributed by atoms with Crippen LogP contribution in [0.1, 0.15) is 39.6 Å². The maximum Gasteiger partial charge on any atom is 0.228 e. The maximum atomic E-state index is 6.41. The quantitative estimate of drug-likeness (QED) is 0.253. The molecule has 0 radical (unpaired) electrons. The van der Waals surface area contributed by atoms with Gasteiger partial charge >= 0.3 is 0 Å². The topological polar surface area (TPSA) is 70.8 Å². The Hall–Kier alpha value is -4.91. The average Bonchev–Trinajstić information content (AvgIpc) is 3.39. The van der Waals surface area contributed by atoms with Gasteiger partial charge in [-0.3, -0.25) is 0 Å². The van der Waals surface area contributed by atoms with Gasteiger partial charge in [-0.2, -0.15) is 0 Å². The van der Waals surface area contributed by atoms with Crippen molar-refractivity contribution in [3.8, 4) is 23.1 Å². The van der Waals surface area contributed by atoms with E-state index in [4.69, 9.17) is 24.3 Å². The summed E-state index contributed by atoms with van der Waals surface area (Å²) >= 11 is 0. The van der Waals surface area contributed by atoms with Gasteiger partial charge in [0.05, 0.1) is 12.7 Å². The van der Waals surface area contributed by atoms with Crippen LogP contribution in [0.25, 0.3) is 16.4 Å². The highest BCUT2D eigenvalue weighted by molar-refractivity contribution is 5.90. The number of methoxy groups -OCH3 is 1. The number of aryl methyl sites for hydroxylation is 2. The minimum Gasteiger partial charge on any atom is -0.497 e. The van der Waals surface area contributed by atoms with Crippen molar-refractivity contribution in [3.63, 3.8) is 0 Å². The van der Waals surface area contributed by atoms with E-state index < -0.39 is 0 Å². The molecule has 7 heteroatoms. The standard InChI is InChI=1S/C32H26N4O3/c1-19-7-6-8-20(2)30(19)38-17-26-34-31-29-27(22-11-14-23(37-3)15-12-22)28-24-10-5-4-9-21(24)13-16-25(28)39-32(29)33-18-36(31)35-26/h4-16,18,27H,17H2,1-3H3/t27-/m1/s1. The van der Waals surface area contributed by atoms with Crippen LogP contribution in [0.2, 0.25) is 0 Å². The Labute approximate surface area is 225 Å². The van der Waals surface area contributed by atoms with Crippen LogP contribution in [-0.4, -0.2) is 26.7 Å². The molecule has 192 valence electrons. The van der Waals surface area contributed by atoms with E-state index in [2.05, 4.69) is 47.4 Å². The lowest BCUT2D eigenvalue weighted by atomic mass is 9.81. The van der Waals surface area contributed by atoms with Gasteiger partial charge in [0, 0.05) is 11.5 Å². The van der Waals surface area contributed by atoms with E-state index in [-0.39, 0.29) is 12.5 Å². The Bertz CT molecular complexity index is 1840. The summed E-state index contributed by atoms with van der Waals surface area (Å²) in [4.78, 5) is 9.61. The van der Waals surface area contributed by atoms with E-state index in [1.807, 2.05) is 50.2 Å². The SMILES string of the molecule is COc1ccc([C@@H]2c3c(ccc4ccccc34)Oc3ncn4nc(COc5c(C)cccc5C)nc4c32)cc1. The van der Waals surface area contributed by atoms with Crippen molar-refractivity contribution in [1.82, 2.24) is 19.6 Å². The van der Waals surface area contributed by atoms with Crippen LogP contribution in [-0.2, 0) is 6.61 Å². The van der Waals surface area contributed by atoms with E-state index in [0.717, 1.165) is 55.8 Å². The third-order valence-corrected chi connectivity index (χ3v) is 7.35. The predicted molar refractivity (Wildman–Crippen MR) is 149 cm³/mol. The molecule has 0 N–H and O–H groups in total. The Kier molecular flexibility index (Phi) is 5.44. The Balaban J connectivity index is 1.39. The first-order chi connectivity index (χ1) is 19.1. The largest absolute Gasteiger partial charge is 0.497 e. The first-order valence-corrected chi connectivity index (χ1v) is 12.9. The second kappa shape index (κ2) is 9.13. The van der Waals surface area contributed by atoms with Gasteiger partial charge in [-0.1, -0.05) is 60.7 Å². The summed E-state index contributed by atoms with van der Waals surface area (Å²) < 4.78 is 19.7. The molecule has 7 rings (SSSR count). The molecule has 0 saturated carbocycles. The molecule has 0 bridgehead atoms. The molecule has 4 aromatic carbocycles. The van der Waals surface area contributed by atoms with Crippen LogP contribution < -0.4 is 14.2 Å². The molecule has 6 aromatic rings. The van der Waals surface area contributed by atoms with Gasteiger partial charge in [0.15, 0.2) is 11.5 Å². The van der Waals surface area contributed by atoms with Crippen LogP contribution >= 0.6 is 0 Å². The normalized spacial score (nSPS) is 14.1. The lowest BCUT2D eigenvalue weighted by Gasteiger charge is -2.29. The summed E-state index contributed by atoms with van der Waals surface area (Å²) in [5.41, 5.74) is 5.89. The molecular formula is C32H26N4O3. The number of aromatic nitrogens is 4. The number of benzene rings is 4. The summed E-state index contributed by atoms with van der Waals surface area (Å²) in [5.74, 6) is 3.38. The fraction of sp³-hybridized carbons (Fsp3) is 0.156. The van der Waals surface area contributed by atoms with Crippen molar-refractivity contribution in [2.75, 3.05) is 7.11 Å². The molecule has 0 amide bonds. The number of hydrogen-bond acceptors (Lipinski definition) is 6. The van der Waals surface area contributed by atoms with Crippen LogP contribution in [0.15, 0.2) is 85.2 Å². The fourth-order valence-corrected chi connectivity index (χ4v) is 5.50. The summed E-state index contributed by atoms with van der Waals surface area (Å²) in [5, 5.41) is 6.98. The van der Waals surface area contributed by atoms with E-state index in [9.17, 15) is 0 Å². The fourth-order valence-electron chi connectivity index (χ4n) is 5.50. The van der Waals surface area contributed by atoms with E-state index in [1.165, 1.54) is 0 Å². The third-order valence-electron chi connectivity index (χ3n) is 7.35. The number of nitrogens with zero attached hydrogens (tertiary/aromatic N) is 4. The summed E-state index contributed by atoms with van der Waals surface area (Å²) in [6, 6.07) is 26.7. The van der Waals surface area contributed by atoms with Crippen molar-refractivity contribution in [2.45, 2.75) is 26.4 Å². The molecular weight excluding hydrogens is 488 g/mol. The zero-order valence-corrected chi connectivity index (χ0v) is 21.9. The Morgan fingerprint density at radius 1 is 0.872 bits per heavy atom. The van der Waals surface area contributed by atoms with Crippen LogP contribution in [0.5, 0.6) is 23.1 Å². The number of rotatable bonds is 5. The number of para-hydroxylation sites is 1. The first kappa shape index (κ1) is 23.2. The zero-order chi connectivity index (χ0) is 26.5. The minimum absolute atomic E-state index is 0.173. The molecule has 1 aliphatic heterocycles. The van der Waals surface area contributed by atoms with E-state index >= 15 is 0 Å². The molecule has 0 spiro atoms. The number of fused-ring (bicyclic) bond motifs is 6. The molecule has 0 fully saturated rings. The second-order valence-corrected chi connectivity index (χ2v) is 9.78. The molecule has 1 atom stereocenters. The van der Waals surface area contributed by atoms with Gasteiger partial charge < -0.3 is 14.2 Å². The Morgan fingerprint density at radius 3 is 2.46 bits per heavy atom. The van der Waals surface area contributed by atoms with Gasteiger partial charge in [-0.25, -0.2) is 14.5 Å². The molecule has 2 aromatic heterocycles. The molecule has 0 aliphatic carbocycles. The van der Waals surface area contributed by atoms with Gasteiger partial charge in [0.1, 0.15) is 30.2 Å². The number of hydrogen-bond donors (Lipinski definition) is 0. The second-order valence-electron chi connectivity index (χ2n) is 9.78. The highest BCUT2D eigenvalue weighted by Gasteiger charge is 2.34. The summed E-state index contributed by atoms with van der Waals surface area (Å²) in [6.45, 7) is 4.33. The molecule has 0 unspecified atom stereocenters. The summed E-state index contributed by atoms with van der Waals surface area (Å²) in [7, 11) is 1.67. The van der Waals surface area contributed by atoms with Crippen molar-refractivity contribution < 1.29 is 14.2 Å². The van der Waals surface area contributed by atoms with E-state index in [1.54, 1.807) is 18.0 Å². The van der Waals surface area contributed by atoms with Crippen molar-refractivity contribution in [2.24, 2.45) is 0 Å². The van der Waals surface area contributed by atoms with Gasteiger partial charge in [0.2, 0.25) is 5.88 Å². The van der Waals surface area contributed by atoms with Crippen LogP contribution in [0, 0.1) is 13.8 Å². The average molecular weight is 515 g/mol. The van der Waals surface area contributed by atoms with Gasteiger partial charge in [-0.05, 0) is 59.5 Å². The Morgan fingerprint density at radius 2 is 1.67 bits per heavy atom. The highest BCUT2D eigenvalue weighted by atomic mass is 16.5. The summed E-state index contributed by atoms with van der Waals surface area (Å²) in [6.07, 6.45) is 1.65.